The van der Waals surface area contributed by atoms with Crippen molar-refractivity contribution in [3.63, 3.8) is 0 Å². The number of rotatable bonds is 6. The predicted molar refractivity (Wildman–Crippen MR) is 115 cm³/mol. The van der Waals surface area contributed by atoms with Gasteiger partial charge in [-0.2, -0.15) is 0 Å². The number of nitrogens with one attached hydrogen (secondary N) is 2. The van der Waals surface area contributed by atoms with E-state index < -0.39 is 5.24 Å². The number of carbonyl (C=O) groups is 1. The monoisotopic (exact) mass is 430 g/mol. The van der Waals surface area contributed by atoms with Crippen LogP contribution in [0.4, 0.5) is 11.8 Å². The van der Waals surface area contributed by atoms with E-state index in [1.54, 1.807) is 6.20 Å². The number of halogens is 2. The Morgan fingerprint density at radius 2 is 1.83 bits per heavy atom. The average molecular weight is 431 g/mol. The molecule has 1 aliphatic carbocycles. The first-order chi connectivity index (χ1) is 14.1. The number of aromatic nitrogens is 4. The maximum absolute atomic E-state index is 11.0. The predicted octanol–water partition coefficient (Wildman–Crippen LogP) is 4.54. The molecule has 0 spiro atoms. The van der Waals surface area contributed by atoms with E-state index in [4.69, 9.17) is 23.2 Å². The molecule has 3 aromatic rings. The molecule has 0 atom stereocenters. The lowest BCUT2D eigenvalue weighted by Crippen LogP contribution is -2.29. The van der Waals surface area contributed by atoms with Gasteiger partial charge in [0.1, 0.15) is 11.3 Å². The van der Waals surface area contributed by atoms with Crippen LogP contribution in [0.3, 0.4) is 0 Å². The Morgan fingerprint density at radius 1 is 1.07 bits per heavy atom. The van der Waals surface area contributed by atoms with E-state index in [0.717, 1.165) is 48.9 Å². The van der Waals surface area contributed by atoms with Crippen molar-refractivity contribution in [3.8, 4) is 0 Å². The minimum atomic E-state index is -0.554. The van der Waals surface area contributed by atoms with Crippen LogP contribution in [0.5, 0.6) is 0 Å². The van der Waals surface area contributed by atoms with Crippen LogP contribution >= 0.6 is 23.2 Å². The molecule has 0 amide bonds. The van der Waals surface area contributed by atoms with Gasteiger partial charge >= 0.3 is 0 Å². The summed E-state index contributed by atoms with van der Waals surface area (Å²) in [6, 6.07) is 6.29. The summed E-state index contributed by atoms with van der Waals surface area (Å²) in [5.74, 6) is 1.89. The number of fused-ring (bicyclic) bond motifs is 1. The largest absolute Gasteiger partial charge is 0.367 e. The van der Waals surface area contributed by atoms with Crippen molar-refractivity contribution >= 4 is 51.1 Å². The fourth-order valence-corrected chi connectivity index (χ4v) is 3.88. The molecule has 1 fully saturated rings. The quantitative estimate of drug-likeness (QED) is 0.437. The molecule has 0 radical (unpaired) electrons. The fraction of sp³-hybridized carbons (Fsp3) is 0.350. The van der Waals surface area contributed by atoms with Crippen LogP contribution < -0.4 is 10.6 Å². The second-order valence-corrected chi connectivity index (χ2v) is 7.88. The van der Waals surface area contributed by atoms with Crippen molar-refractivity contribution < 1.29 is 4.79 Å². The highest BCUT2D eigenvalue weighted by Gasteiger charge is 2.21. The zero-order valence-corrected chi connectivity index (χ0v) is 17.1. The number of carbonyl (C=O) groups excluding carboxylic acids is 1. The van der Waals surface area contributed by atoms with Gasteiger partial charge in [-0.25, -0.2) is 19.9 Å². The highest BCUT2D eigenvalue weighted by molar-refractivity contribution is 6.67. The Kier molecular flexibility index (Phi) is 6.06. The van der Waals surface area contributed by atoms with Gasteiger partial charge < -0.3 is 10.6 Å². The Morgan fingerprint density at radius 3 is 2.55 bits per heavy atom. The molecule has 7 nitrogen and oxygen atoms in total. The van der Waals surface area contributed by atoms with E-state index in [0.29, 0.717) is 28.6 Å². The Bertz CT molecular complexity index is 1010. The summed E-state index contributed by atoms with van der Waals surface area (Å²) in [4.78, 5) is 28.0. The lowest BCUT2D eigenvalue weighted by Gasteiger charge is -2.29. The molecular formula is C20H20Cl2N6O. The van der Waals surface area contributed by atoms with Gasteiger partial charge in [0.15, 0.2) is 5.15 Å². The summed E-state index contributed by atoms with van der Waals surface area (Å²) in [5.41, 5.74) is 1.02. The van der Waals surface area contributed by atoms with Gasteiger partial charge in [0.05, 0.1) is 5.56 Å². The van der Waals surface area contributed by atoms with E-state index in [-0.39, 0.29) is 0 Å². The van der Waals surface area contributed by atoms with Crippen LogP contribution in [-0.2, 0) is 0 Å². The summed E-state index contributed by atoms with van der Waals surface area (Å²) in [5, 5.41) is 7.62. The Labute approximate surface area is 178 Å². The highest BCUT2D eigenvalue weighted by Crippen LogP contribution is 2.27. The zero-order chi connectivity index (χ0) is 20.2. The van der Waals surface area contributed by atoms with Gasteiger partial charge in [0.2, 0.25) is 5.95 Å². The van der Waals surface area contributed by atoms with Gasteiger partial charge in [-0.1, -0.05) is 11.6 Å². The first-order valence-electron chi connectivity index (χ1n) is 9.52. The van der Waals surface area contributed by atoms with E-state index in [1.165, 1.54) is 12.4 Å². The maximum atomic E-state index is 11.0. The van der Waals surface area contributed by atoms with E-state index >= 15 is 0 Å². The van der Waals surface area contributed by atoms with Gasteiger partial charge in [-0.15, -0.1) is 0 Å². The molecule has 4 rings (SSSR count). The van der Waals surface area contributed by atoms with Gasteiger partial charge in [0.25, 0.3) is 5.24 Å². The Balaban J connectivity index is 1.27. The minimum Gasteiger partial charge on any atom is -0.367 e. The fourth-order valence-electron chi connectivity index (χ4n) is 3.57. The summed E-state index contributed by atoms with van der Waals surface area (Å²) in [6.07, 6.45) is 8.87. The molecule has 2 N–H and O–H groups in total. The third-order valence-electron chi connectivity index (χ3n) is 5.19. The molecule has 0 aromatic carbocycles. The maximum Gasteiger partial charge on any atom is 0.255 e. The van der Waals surface area contributed by atoms with Gasteiger partial charge in [-0.05, 0) is 61.4 Å². The standard InChI is InChI=1S/C20H20Cl2N6O/c21-18-17-13(7-8-23-18)3-6-16(28-17)27-15-4-1-12(2-5-15)9-24-20-25-10-14(11-26-20)19(22)29/h3,6-8,10-12,15H,1-2,4-5,9H2,(H,27,28)(H,24,25,26)/t12-,15-. The van der Waals surface area contributed by atoms with Crippen LogP contribution in [0.25, 0.3) is 10.9 Å². The number of anilines is 2. The second kappa shape index (κ2) is 8.88. The topological polar surface area (TPSA) is 92.7 Å². The van der Waals surface area contributed by atoms with Crippen LogP contribution in [-0.4, -0.2) is 37.8 Å². The molecular weight excluding hydrogens is 411 g/mol. The molecule has 3 heterocycles. The van der Waals surface area contributed by atoms with Gasteiger partial charge in [0, 0.05) is 36.6 Å². The molecule has 29 heavy (non-hydrogen) atoms. The van der Waals surface area contributed by atoms with Crippen molar-refractivity contribution in [3.05, 3.63) is 47.5 Å². The van der Waals surface area contributed by atoms with Crippen molar-refractivity contribution in [1.82, 2.24) is 19.9 Å². The minimum absolute atomic E-state index is 0.295. The van der Waals surface area contributed by atoms with Gasteiger partial charge in [-0.3, -0.25) is 4.79 Å². The normalized spacial score (nSPS) is 19.1. The molecule has 0 saturated heterocycles. The van der Waals surface area contributed by atoms with E-state index in [1.807, 2.05) is 18.2 Å². The lowest BCUT2D eigenvalue weighted by molar-refractivity contribution is 0.108. The van der Waals surface area contributed by atoms with Crippen LogP contribution in [0, 0.1) is 5.92 Å². The molecule has 0 bridgehead atoms. The van der Waals surface area contributed by atoms with Crippen molar-refractivity contribution in [2.45, 2.75) is 31.7 Å². The van der Waals surface area contributed by atoms with Crippen molar-refractivity contribution in [2.24, 2.45) is 5.92 Å². The highest BCUT2D eigenvalue weighted by atomic mass is 35.5. The van der Waals surface area contributed by atoms with Crippen LogP contribution in [0.1, 0.15) is 36.0 Å². The summed E-state index contributed by atoms with van der Waals surface area (Å²) >= 11 is 11.6. The molecule has 0 unspecified atom stereocenters. The van der Waals surface area contributed by atoms with E-state index in [9.17, 15) is 4.79 Å². The average Bonchev–Trinajstić information content (AvgIpc) is 2.74. The molecule has 3 aromatic heterocycles. The van der Waals surface area contributed by atoms with Crippen LogP contribution in [0.2, 0.25) is 5.15 Å². The third kappa shape index (κ3) is 4.92. The number of hydrogen-bond acceptors (Lipinski definition) is 7. The molecule has 9 heteroatoms. The van der Waals surface area contributed by atoms with Crippen molar-refractivity contribution in [1.29, 1.82) is 0 Å². The number of hydrogen-bond donors (Lipinski definition) is 2. The van der Waals surface area contributed by atoms with E-state index in [2.05, 4.69) is 30.6 Å². The molecule has 0 aliphatic heterocycles. The number of nitrogens with zero attached hydrogens (tertiary/aromatic N) is 4. The Hall–Kier alpha value is -2.51. The molecule has 1 saturated carbocycles. The first kappa shape index (κ1) is 19.8. The van der Waals surface area contributed by atoms with Crippen LogP contribution in [0.15, 0.2) is 36.8 Å². The molecule has 1 aliphatic rings. The molecule has 150 valence electrons. The van der Waals surface area contributed by atoms with Crippen molar-refractivity contribution in [2.75, 3.05) is 17.2 Å². The summed E-state index contributed by atoms with van der Waals surface area (Å²) in [6.45, 7) is 0.802. The third-order valence-corrected chi connectivity index (χ3v) is 5.69. The number of pyridine rings is 2. The summed E-state index contributed by atoms with van der Waals surface area (Å²) in [7, 11) is 0. The first-order valence-corrected chi connectivity index (χ1v) is 10.3. The summed E-state index contributed by atoms with van der Waals surface area (Å²) < 4.78 is 0. The second-order valence-electron chi connectivity index (χ2n) is 7.18. The lowest BCUT2D eigenvalue weighted by atomic mass is 9.86. The SMILES string of the molecule is O=C(Cl)c1cnc(NC[C@H]2CC[C@H](Nc3ccc4ccnc(Cl)c4n3)CC2)nc1. The zero-order valence-electron chi connectivity index (χ0n) is 15.6. The smallest absolute Gasteiger partial charge is 0.255 e.